The van der Waals surface area contributed by atoms with Gasteiger partial charge in [0.05, 0.1) is 11.1 Å². The van der Waals surface area contributed by atoms with E-state index in [-0.39, 0.29) is 22.0 Å². The number of carboxylic acids is 1. The fourth-order valence-electron chi connectivity index (χ4n) is 1.81. The van der Waals surface area contributed by atoms with Crippen molar-refractivity contribution < 1.29 is 23.1 Å². The van der Waals surface area contributed by atoms with E-state index in [9.17, 15) is 18.0 Å². The Morgan fingerprint density at radius 3 is 2.53 bits per heavy atom. The predicted molar refractivity (Wildman–Crippen MR) is 55.0 cm³/mol. The molecule has 0 amide bonds. The van der Waals surface area contributed by atoms with Gasteiger partial charge in [0.1, 0.15) is 5.69 Å². The van der Waals surface area contributed by atoms with Crippen molar-refractivity contribution in [3.8, 4) is 0 Å². The van der Waals surface area contributed by atoms with E-state index in [0.29, 0.717) is 0 Å². The number of fused-ring (bicyclic) bond motifs is 1. The van der Waals surface area contributed by atoms with E-state index in [2.05, 4.69) is 4.98 Å². The number of hydrogen-bond acceptors (Lipinski definition) is 1. The zero-order valence-corrected chi connectivity index (χ0v) is 8.72. The Labute approximate surface area is 93.9 Å². The maximum atomic E-state index is 12.6. The van der Waals surface area contributed by atoms with Crippen LogP contribution < -0.4 is 0 Å². The molecule has 2 N–H and O–H groups in total. The van der Waals surface area contributed by atoms with Crippen molar-refractivity contribution in [2.45, 2.75) is 13.1 Å². The summed E-state index contributed by atoms with van der Waals surface area (Å²) in [7, 11) is 0. The molecular formula is C11H8F3NO2. The number of alkyl halides is 3. The molecule has 0 atom stereocenters. The summed E-state index contributed by atoms with van der Waals surface area (Å²) in [5, 5.41) is 9.16. The second-order valence-electron chi connectivity index (χ2n) is 3.66. The smallest absolute Gasteiger partial charge is 0.431 e. The van der Waals surface area contributed by atoms with Gasteiger partial charge in [0, 0.05) is 5.39 Å². The third kappa shape index (κ3) is 1.75. The van der Waals surface area contributed by atoms with Crippen LogP contribution in [-0.2, 0) is 6.18 Å². The first-order valence-electron chi connectivity index (χ1n) is 4.74. The minimum absolute atomic E-state index is 0.00447. The lowest BCUT2D eigenvalue weighted by Gasteiger charge is -2.04. The number of rotatable bonds is 1. The Hall–Kier alpha value is -1.98. The molecule has 1 heterocycles. The van der Waals surface area contributed by atoms with Gasteiger partial charge in [0.2, 0.25) is 0 Å². The van der Waals surface area contributed by atoms with Crippen molar-refractivity contribution in [3.63, 3.8) is 0 Å². The second kappa shape index (κ2) is 3.51. The molecule has 0 aliphatic heterocycles. The molecule has 17 heavy (non-hydrogen) atoms. The van der Waals surface area contributed by atoms with E-state index in [1.807, 2.05) is 0 Å². The monoisotopic (exact) mass is 243 g/mol. The van der Waals surface area contributed by atoms with E-state index in [1.165, 1.54) is 25.1 Å². The molecule has 0 fully saturated rings. The molecule has 0 unspecified atom stereocenters. The Morgan fingerprint density at radius 2 is 2.00 bits per heavy atom. The van der Waals surface area contributed by atoms with Gasteiger partial charge in [-0.25, -0.2) is 4.79 Å². The lowest BCUT2D eigenvalue weighted by molar-refractivity contribution is -0.141. The predicted octanol–water partition coefficient (Wildman–Crippen LogP) is 3.19. The maximum absolute atomic E-state index is 12.6. The van der Waals surface area contributed by atoms with Crippen molar-refractivity contribution in [2.75, 3.05) is 0 Å². The topological polar surface area (TPSA) is 53.1 Å². The van der Waals surface area contributed by atoms with Crippen molar-refractivity contribution in [1.82, 2.24) is 4.98 Å². The molecule has 1 aromatic heterocycles. The van der Waals surface area contributed by atoms with Gasteiger partial charge in [-0.3, -0.25) is 0 Å². The molecule has 0 radical (unpaired) electrons. The molecule has 0 saturated carbocycles. The highest BCUT2D eigenvalue weighted by atomic mass is 19.4. The van der Waals surface area contributed by atoms with Crippen LogP contribution >= 0.6 is 0 Å². The van der Waals surface area contributed by atoms with Crippen LogP contribution in [0.15, 0.2) is 18.2 Å². The molecule has 2 rings (SSSR count). The number of aryl methyl sites for hydroxylation is 1. The fourth-order valence-corrected chi connectivity index (χ4v) is 1.81. The Bertz CT molecular complexity index is 599. The quantitative estimate of drug-likeness (QED) is 0.808. The highest BCUT2D eigenvalue weighted by molar-refractivity contribution is 6.03. The second-order valence-corrected chi connectivity index (χ2v) is 3.66. The minimum Gasteiger partial charge on any atom is -0.478 e. The van der Waals surface area contributed by atoms with E-state index in [0.717, 1.165) is 0 Å². The zero-order valence-electron chi connectivity index (χ0n) is 8.72. The standard InChI is InChI=1S/C11H8F3NO2/c1-5-6-3-2-4-7(10(16)17)8(6)15-9(5)11(12,13)14/h2-4,15H,1H3,(H,16,17). The number of aromatic carboxylic acids is 1. The van der Waals surface area contributed by atoms with Gasteiger partial charge in [0.25, 0.3) is 0 Å². The van der Waals surface area contributed by atoms with Crippen LogP contribution in [0.5, 0.6) is 0 Å². The number of hydrogen-bond donors (Lipinski definition) is 2. The largest absolute Gasteiger partial charge is 0.478 e. The minimum atomic E-state index is -4.52. The molecule has 3 nitrogen and oxygen atoms in total. The van der Waals surface area contributed by atoms with Crippen molar-refractivity contribution in [3.05, 3.63) is 35.0 Å². The number of H-pyrrole nitrogens is 1. The zero-order chi connectivity index (χ0) is 12.8. The van der Waals surface area contributed by atoms with Gasteiger partial charge >= 0.3 is 12.1 Å². The molecule has 0 aliphatic rings. The molecule has 0 saturated heterocycles. The summed E-state index contributed by atoms with van der Waals surface area (Å²) in [6.07, 6.45) is -4.52. The van der Waals surface area contributed by atoms with E-state index < -0.39 is 17.8 Å². The van der Waals surface area contributed by atoms with Crippen molar-refractivity contribution >= 4 is 16.9 Å². The molecule has 0 spiro atoms. The number of nitrogens with one attached hydrogen (secondary N) is 1. The van der Waals surface area contributed by atoms with Gasteiger partial charge < -0.3 is 10.1 Å². The normalized spacial score (nSPS) is 12.0. The number of halogens is 3. The summed E-state index contributed by atoms with van der Waals surface area (Å²) in [6.45, 7) is 1.31. The van der Waals surface area contributed by atoms with Gasteiger partial charge in [0.15, 0.2) is 0 Å². The summed E-state index contributed by atoms with van der Waals surface area (Å²) in [6, 6.07) is 4.15. The van der Waals surface area contributed by atoms with Gasteiger partial charge in [-0.2, -0.15) is 13.2 Å². The lowest BCUT2D eigenvalue weighted by atomic mass is 10.1. The van der Waals surface area contributed by atoms with Crippen molar-refractivity contribution in [2.24, 2.45) is 0 Å². The average Bonchev–Trinajstić information content (AvgIpc) is 2.55. The molecule has 6 heteroatoms. The van der Waals surface area contributed by atoms with Crippen LogP contribution in [0.2, 0.25) is 0 Å². The summed E-state index contributed by atoms with van der Waals surface area (Å²) in [5.74, 6) is -1.26. The molecule has 1 aromatic carbocycles. The number of benzene rings is 1. The van der Waals surface area contributed by atoms with Crippen LogP contribution in [0.4, 0.5) is 13.2 Å². The number of carboxylic acid groups (broad SMARTS) is 1. The number of aromatic amines is 1. The Balaban J connectivity index is 2.82. The van der Waals surface area contributed by atoms with Crippen LogP contribution in [0, 0.1) is 6.92 Å². The van der Waals surface area contributed by atoms with Gasteiger partial charge in [-0.05, 0) is 18.6 Å². The summed E-state index contributed by atoms with van der Waals surface area (Å²) < 4.78 is 37.9. The van der Waals surface area contributed by atoms with Crippen LogP contribution in [0.1, 0.15) is 21.6 Å². The van der Waals surface area contributed by atoms with Crippen molar-refractivity contribution in [1.29, 1.82) is 0 Å². The first kappa shape index (κ1) is 11.5. The van der Waals surface area contributed by atoms with Crippen LogP contribution in [0.25, 0.3) is 10.9 Å². The summed E-state index contributed by atoms with van der Waals surface area (Å²) >= 11 is 0. The molecule has 0 aliphatic carbocycles. The highest BCUT2D eigenvalue weighted by Gasteiger charge is 2.35. The first-order chi connectivity index (χ1) is 7.82. The highest BCUT2D eigenvalue weighted by Crippen LogP contribution is 2.35. The molecule has 2 aromatic rings. The third-order valence-corrected chi connectivity index (χ3v) is 2.61. The molecular weight excluding hydrogens is 235 g/mol. The SMILES string of the molecule is Cc1c(C(F)(F)F)[nH]c2c(C(=O)O)cccc12. The van der Waals surface area contributed by atoms with E-state index in [1.54, 1.807) is 0 Å². The third-order valence-electron chi connectivity index (χ3n) is 2.61. The van der Waals surface area contributed by atoms with Crippen LogP contribution in [-0.4, -0.2) is 16.1 Å². The Kier molecular flexibility index (Phi) is 2.38. The number of aromatic nitrogens is 1. The molecule has 0 bridgehead atoms. The van der Waals surface area contributed by atoms with Gasteiger partial charge in [-0.1, -0.05) is 12.1 Å². The average molecular weight is 243 g/mol. The van der Waals surface area contributed by atoms with E-state index >= 15 is 0 Å². The van der Waals surface area contributed by atoms with E-state index in [4.69, 9.17) is 5.11 Å². The Morgan fingerprint density at radius 1 is 1.35 bits per heavy atom. The van der Waals surface area contributed by atoms with Crippen LogP contribution in [0.3, 0.4) is 0 Å². The lowest BCUT2D eigenvalue weighted by Crippen LogP contribution is -2.07. The maximum Gasteiger partial charge on any atom is 0.431 e. The van der Waals surface area contributed by atoms with Gasteiger partial charge in [-0.15, -0.1) is 0 Å². The number of para-hydroxylation sites is 1. The fraction of sp³-hybridized carbons (Fsp3) is 0.182. The summed E-state index contributed by atoms with van der Waals surface area (Å²) in [5.41, 5.74) is -1.05. The number of carbonyl (C=O) groups is 1. The molecule has 90 valence electrons. The summed E-state index contributed by atoms with van der Waals surface area (Å²) in [4.78, 5) is 13.0. The first-order valence-corrected chi connectivity index (χ1v) is 4.74.